The fourth-order valence-electron chi connectivity index (χ4n) is 2.25. The lowest BCUT2D eigenvalue weighted by atomic mass is 10.1. The van der Waals surface area contributed by atoms with Gasteiger partial charge in [0, 0.05) is 17.7 Å². The minimum Gasteiger partial charge on any atom is -0.478 e. The van der Waals surface area contributed by atoms with Gasteiger partial charge >= 0.3 is 5.97 Å². The number of nitro groups is 1. The van der Waals surface area contributed by atoms with Crippen LogP contribution in [0, 0.1) is 10.1 Å². The first-order chi connectivity index (χ1) is 12.9. The van der Waals surface area contributed by atoms with E-state index in [1.54, 1.807) is 18.2 Å². The first-order valence-electron chi connectivity index (χ1n) is 7.60. The van der Waals surface area contributed by atoms with Gasteiger partial charge in [0.05, 0.1) is 27.4 Å². The summed E-state index contributed by atoms with van der Waals surface area (Å²) in [4.78, 5) is 21.3. The third-order valence-corrected chi connectivity index (χ3v) is 3.90. The van der Waals surface area contributed by atoms with Crippen molar-refractivity contribution < 1.29 is 19.2 Å². The van der Waals surface area contributed by atoms with Crippen molar-refractivity contribution in [1.29, 1.82) is 0 Å². The quantitative estimate of drug-likeness (QED) is 0.362. The van der Waals surface area contributed by atoms with Crippen LogP contribution >= 0.6 is 11.6 Å². The number of rotatable bonds is 6. The zero-order valence-corrected chi connectivity index (χ0v) is 14.4. The van der Waals surface area contributed by atoms with Gasteiger partial charge in [0.1, 0.15) is 11.5 Å². The molecular weight excluding hydrogens is 374 g/mol. The molecule has 9 heteroatoms. The molecule has 2 aromatic carbocycles. The molecule has 0 bridgehead atoms. The van der Waals surface area contributed by atoms with Gasteiger partial charge in [-0.05, 0) is 42.5 Å². The highest BCUT2D eigenvalue weighted by Crippen LogP contribution is 2.26. The monoisotopic (exact) mass is 385 g/mol. The summed E-state index contributed by atoms with van der Waals surface area (Å²) in [5.41, 5.74) is 3.85. The molecule has 0 atom stereocenters. The number of non-ortho nitro benzene ring substituents is 1. The van der Waals surface area contributed by atoms with Gasteiger partial charge in [-0.25, -0.2) is 4.79 Å². The highest BCUT2D eigenvalue weighted by atomic mass is 35.5. The lowest BCUT2D eigenvalue weighted by Crippen LogP contribution is -1.97. The fraction of sp³-hybridized carbons (Fsp3) is 0. The zero-order chi connectivity index (χ0) is 19.4. The normalized spacial score (nSPS) is 10.9. The number of carboxylic acids is 1. The van der Waals surface area contributed by atoms with Gasteiger partial charge in [0.15, 0.2) is 0 Å². The molecule has 3 rings (SSSR count). The largest absolute Gasteiger partial charge is 0.478 e. The van der Waals surface area contributed by atoms with Crippen molar-refractivity contribution in [3.05, 3.63) is 81.1 Å². The van der Waals surface area contributed by atoms with Crippen molar-refractivity contribution in [2.24, 2.45) is 5.10 Å². The third kappa shape index (κ3) is 4.31. The van der Waals surface area contributed by atoms with Crippen LogP contribution in [0.5, 0.6) is 0 Å². The molecule has 27 heavy (non-hydrogen) atoms. The molecule has 0 saturated carbocycles. The predicted molar refractivity (Wildman–Crippen MR) is 100 cm³/mol. The lowest BCUT2D eigenvalue weighted by molar-refractivity contribution is -0.384. The molecule has 0 aliphatic heterocycles. The molecule has 0 fully saturated rings. The molecule has 8 nitrogen and oxygen atoms in total. The van der Waals surface area contributed by atoms with Crippen LogP contribution in [0.25, 0.3) is 11.3 Å². The van der Waals surface area contributed by atoms with Crippen LogP contribution < -0.4 is 5.43 Å². The number of nitro benzene ring substituents is 1. The number of halogens is 1. The highest BCUT2D eigenvalue weighted by molar-refractivity contribution is 6.33. The fourth-order valence-corrected chi connectivity index (χ4v) is 2.45. The van der Waals surface area contributed by atoms with Crippen molar-refractivity contribution in [2.75, 3.05) is 5.43 Å². The molecule has 1 aromatic heterocycles. The van der Waals surface area contributed by atoms with Crippen molar-refractivity contribution in [2.45, 2.75) is 0 Å². The van der Waals surface area contributed by atoms with Gasteiger partial charge < -0.3 is 9.52 Å². The number of benzene rings is 2. The first-order valence-corrected chi connectivity index (χ1v) is 7.98. The Morgan fingerprint density at radius 3 is 2.59 bits per heavy atom. The van der Waals surface area contributed by atoms with Crippen LogP contribution in [0.2, 0.25) is 5.02 Å². The van der Waals surface area contributed by atoms with Crippen LogP contribution in [0.15, 0.2) is 64.1 Å². The summed E-state index contributed by atoms with van der Waals surface area (Å²) >= 11 is 5.86. The van der Waals surface area contributed by atoms with E-state index >= 15 is 0 Å². The van der Waals surface area contributed by atoms with E-state index in [0.717, 1.165) is 0 Å². The molecule has 3 aromatic rings. The number of nitrogens with zero attached hydrogens (tertiary/aromatic N) is 2. The van der Waals surface area contributed by atoms with Gasteiger partial charge in [-0.1, -0.05) is 11.6 Å². The lowest BCUT2D eigenvalue weighted by Gasteiger charge is -2.02. The Morgan fingerprint density at radius 1 is 1.19 bits per heavy atom. The van der Waals surface area contributed by atoms with Gasteiger partial charge in [-0.2, -0.15) is 5.10 Å². The summed E-state index contributed by atoms with van der Waals surface area (Å²) < 4.78 is 5.62. The SMILES string of the molecule is O=C(O)c1cc(-c2ccc(C=NNc3ccc([N+](=O)[O-])cc3)o2)ccc1Cl. The third-order valence-electron chi connectivity index (χ3n) is 3.57. The smallest absolute Gasteiger partial charge is 0.337 e. The Hall–Kier alpha value is -3.65. The van der Waals surface area contributed by atoms with Crippen molar-refractivity contribution in [3.63, 3.8) is 0 Å². The summed E-state index contributed by atoms with van der Waals surface area (Å²) in [6.07, 6.45) is 1.43. The first kappa shape index (κ1) is 18.2. The second-order valence-corrected chi connectivity index (χ2v) is 5.78. The second kappa shape index (κ2) is 7.71. The minimum atomic E-state index is -1.12. The van der Waals surface area contributed by atoms with Crippen molar-refractivity contribution in [3.8, 4) is 11.3 Å². The van der Waals surface area contributed by atoms with E-state index < -0.39 is 10.9 Å². The number of carboxylic acid groups (broad SMARTS) is 1. The Labute approximate surface area is 157 Å². The molecule has 0 aliphatic rings. The van der Waals surface area contributed by atoms with Crippen molar-refractivity contribution in [1.82, 2.24) is 0 Å². The van der Waals surface area contributed by atoms with E-state index in [-0.39, 0.29) is 16.3 Å². The number of nitrogens with one attached hydrogen (secondary N) is 1. The minimum absolute atomic E-state index is 0.0103. The molecule has 136 valence electrons. The molecule has 0 spiro atoms. The predicted octanol–water partition coefficient (Wildman–Crippen LogP) is 4.65. The number of furan rings is 1. The maximum Gasteiger partial charge on any atom is 0.337 e. The van der Waals surface area contributed by atoms with Gasteiger partial charge in [0.2, 0.25) is 0 Å². The van der Waals surface area contributed by atoms with Gasteiger partial charge in [0.25, 0.3) is 5.69 Å². The molecule has 2 N–H and O–H groups in total. The Balaban J connectivity index is 1.70. The molecule has 0 unspecified atom stereocenters. The van der Waals surface area contributed by atoms with E-state index in [1.165, 1.54) is 42.6 Å². The highest BCUT2D eigenvalue weighted by Gasteiger charge is 2.12. The number of anilines is 1. The van der Waals surface area contributed by atoms with E-state index in [0.29, 0.717) is 22.8 Å². The molecular formula is C18H12ClN3O5. The van der Waals surface area contributed by atoms with Crippen LogP contribution in [-0.4, -0.2) is 22.2 Å². The van der Waals surface area contributed by atoms with Gasteiger partial charge in [-0.15, -0.1) is 0 Å². The summed E-state index contributed by atoms with van der Waals surface area (Å²) in [7, 11) is 0. The van der Waals surface area contributed by atoms with Crippen LogP contribution in [0.4, 0.5) is 11.4 Å². The molecule has 0 saturated heterocycles. The zero-order valence-electron chi connectivity index (χ0n) is 13.6. The van der Waals surface area contributed by atoms with Crippen LogP contribution in [0.1, 0.15) is 16.1 Å². The summed E-state index contributed by atoms with van der Waals surface area (Å²) in [6.45, 7) is 0. The molecule has 0 aliphatic carbocycles. The number of carbonyl (C=O) groups is 1. The number of aromatic carboxylic acids is 1. The maximum absolute atomic E-state index is 11.2. The standard InChI is InChI=1S/C18H12ClN3O5/c19-16-7-1-11(9-15(16)18(23)24)17-8-6-14(27-17)10-20-21-12-2-4-13(5-3-12)22(25)26/h1-10,21H,(H,23,24). The van der Waals surface area contributed by atoms with E-state index in [1.807, 2.05) is 0 Å². The summed E-state index contributed by atoms with van der Waals surface area (Å²) in [6, 6.07) is 13.7. The van der Waals surface area contributed by atoms with E-state index in [9.17, 15) is 14.9 Å². The van der Waals surface area contributed by atoms with E-state index in [4.69, 9.17) is 21.1 Å². The Bertz CT molecular complexity index is 1030. The van der Waals surface area contributed by atoms with Crippen LogP contribution in [-0.2, 0) is 0 Å². The topological polar surface area (TPSA) is 118 Å². The summed E-state index contributed by atoms with van der Waals surface area (Å²) in [5.74, 6) is -0.223. The van der Waals surface area contributed by atoms with Gasteiger partial charge in [-0.3, -0.25) is 15.5 Å². The van der Waals surface area contributed by atoms with E-state index in [2.05, 4.69) is 10.5 Å². The molecule has 1 heterocycles. The Morgan fingerprint density at radius 2 is 1.93 bits per heavy atom. The Kier molecular flexibility index (Phi) is 5.18. The van der Waals surface area contributed by atoms with Crippen molar-refractivity contribution >= 4 is 35.2 Å². The molecule has 0 radical (unpaired) electrons. The average Bonchev–Trinajstić information content (AvgIpc) is 3.11. The number of hydrogen-bond acceptors (Lipinski definition) is 6. The maximum atomic E-state index is 11.2. The van der Waals surface area contributed by atoms with Crippen LogP contribution in [0.3, 0.4) is 0 Å². The summed E-state index contributed by atoms with van der Waals surface area (Å²) in [5, 5.41) is 23.9. The number of hydrazone groups is 1. The average molecular weight is 386 g/mol. The second-order valence-electron chi connectivity index (χ2n) is 5.38. The molecule has 0 amide bonds. The number of hydrogen-bond donors (Lipinski definition) is 2.